The first-order valence-electron chi connectivity index (χ1n) is 22.5. The lowest BCUT2D eigenvalue weighted by Crippen LogP contribution is -2.17. The minimum atomic E-state index is -0.341. The molecule has 2 aliphatic carbocycles. The predicted octanol–water partition coefficient (Wildman–Crippen LogP) is 16.6. The topological polar surface area (TPSA) is 17.1 Å². The summed E-state index contributed by atoms with van der Waals surface area (Å²) in [5.74, 6) is 0.0633. The summed E-state index contributed by atoms with van der Waals surface area (Å²) >= 11 is 0. The van der Waals surface area contributed by atoms with Crippen LogP contribution in [0.3, 0.4) is 0 Å². The molecule has 0 amide bonds. The second-order valence-corrected chi connectivity index (χ2v) is 19.1. The van der Waals surface area contributed by atoms with E-state index in [1.165, 1.54) is 110 Å². The second-order valence-electron chi connectivity index (χ2n) is 19.1. The normalized spacial score (nSPS) is 14.2. The monoisotopic (exact) mass is 816 g/mol. The average Bonchev–Trinajstić information content (AvgIpc) is 3.69. The van der Waals surface area contributed by atoms with Gasteiger partial charge in [-0.25, -0.2) is 0 Å². The lowest BCUT2D eigenvalue weighted by atomic mass is 9.78. The third-order valence-corrected chi connectivity index (χ3v) is 15.0. The minimum Gasteiger partial charge on any atom is -0.289 e. The molecule has 11 aromatic rings. The van der Waals surface area contributed by atoms with Gasteiger partial charge < -0.3 is 0 Å². The Kier molecular flexibility index (Phi) is 7.63. The van der Waals surface area contributed by atoms with Crippen LogP contribution in [-0.4, -0.2) is 5.78 Å². The highest BCUT2D eigenvalue weighted by atomic mass is 16.1. The molecular weight excluding hydrogens is 773 g/mol. The Morgan fingerprint density at radius 3 is 1.62 bits per heavy atom. The van der Waals surface area contributed by atoms with Gasteiger partial charge in [0.25, 0.3) is 0 Å². The van der Waals surface area contributed by atoms with Crippen molar-refractivity contribution in [1.82, 2.24) is 0 Å². The van der Waals surface area contributed by atoms with Crippen molar-refractivity contribution in [3.63, 3.8) is 0 Å². The SMILES string of the molecule is CC1(C)c2cc3c(cc2-c2cc4c(-c5cccc6ccccc56)c5ccccc5c(-c5ccc6ccccc6c5)c4cc21)C(C)(C)c1cc(C(=O)c2ccccc2)c2ccccc2c1-3. The maximum atomic E-state index is 14.3. The van der Waals surface area contributed by atoms with Crippen molar-refractivity contribution in [2.45, 2.75) is 38.5 Å². The molecule has 0 saturated carbocycles. The number of fused-ring (bicyclic) bond motifs is 12. The van der Waals surface area contributed by atoms with Crippen molar-refractivity contribution >= 4 is 59.6 Å². The Bertz CT molecular complexity index is 3840. The molecule has 0 radical (unpaired) electrons. The molecule has 0 fully saturated rings. The van der Waals surface area contributed by atoms with Crippen LogP contribution in [0.1, 0.15) is 65.9 Å². The number of carbonyl (C=O) groups excluding carboxylic acids is 1. The summed E-state index contributed by atoms with van der Waals surface area (Å²) in [4.78, 5) is 14.3. The third-order valence-electron chi connectivity index (χ3n) is 15.0. The number of benzene rings is 11. The molecule has 1 heteroatoms. The highest BCUT2D eigenvalue weighted by Crippen LogP contribution is 2.59. The van der Waals surface area contributed by atoms with Crippen molar-refractivity contribution in [2.24, 2.45) is 0 Å². The molecule has 0 atom stereocenters. The van der Waals surface area contributed by atoms with Crippen molar-refractivity contribution < 1.29 is 4.79 Å². The van der Waals surface area contributed by atoms with Gasteiger partial charge in [0.2, 0.25) is 0 Å². The van der Waals surface area contributed by atoms with Crippen LogP contribution in [0.4, 0.5) is 0 Å². The number of carbonyl (C=O) groups is 1. The van der Waals surface area contributed by atoms with E-state index in [0.29, 0.717) is 5.56 Å². The zero-order valence-electron chi connectivity index (χ0n) is 36.4. The quantitative estimate of drug-likeness (QED) is 0.128. The zero-order chi connectivity index (χ0) is 43.1. The molecule has 1 nitrogen and oxygen atoms in total. The van der Waals surface area contributed by atoms with Gasteiger partial charge in [-0.05, 0) is 157 Å². The van der Waals surface area contributed by atoms with Gasteiger partial charge in [0.15, 0.2) is 5.78 Å². The van der Waals surface area contributed by atoms with Gasteiger partial charge in [0, 0.05) is 22.0 Å². The summed E-state index contributed by atoms with van der Waals surface area (Å²) in [5, 5.41) is 12.2. The molecule has 0 spiro atoms. The summed E-state index contributed by atoms with van der Waals surface area (Å²) < 4.78 is 0. The largest absolute Gasteiger partial charge is 0.289 e. The molecule has 0 unspecified atom stereocenters. The first-order valence-corrected chi connectivity index (χ1v) is 22.5. The van der Waals surface area contributed by atoms with E-state index in [0.717, 1.165) is 16.3 Å². The van der Waals surface area contributed by atoms with E-state index >= 15 is 0 Å². The number of ketones is 1. The zero-order valence-corrected chi connectivity index (χ0v) is 36.4. The number of hydrogen-bond donors (Lipinski definition) is 0. The molecule has 0 aliphatic heterocycles. The fourth-order valence-electron chi connectivity index (χ4n) is 11.8. The average molecular weight is 817 g/mol. The molecule has 2 aliphatic rings. The smallest absolute Gasteiger partial charge is 0.193 e. The van der Waals surface area contributed by atoms with Gasteiger partial charge >= 0.3 is 0 Å². The lowest BCUT2D eigenvalue weighted by Gasteiger charge is -2.25. The molecule has 0 saturated heterocycles. The van der Waals surface area contributed by atoms with Crippen molar-refractivity contribution in [3.8, 4) is 44.5 Å². The molecule has 0 N–H and O–H groups in total. The summed E-state index contributed by atoms with van der Waals surface area (Å²) in [6, 6.07) is 70.9. The summed E-state index contributed by atoms with van der Waals surface area (Å²) in [6.45, 7) is 9.52. The molecule has 302 valence electrons. The van der Waals surface area contributed by atoms with Crippen LogP contribution in [0.5, 0.6) is 0 Å². The van der Waals surface area contributed by atoms with Crippen molar-refractivity contribution in [3.05, 3.63) is 228 Å². The van der Waals surface area contributed by atoms with Crippen LogP contribution in [0, 0.1) is 0 Å². The maximum Gasteiger partial charge on any atom is 0.193 e. The molecular formula is C63H44O. The standard InChI is InChI=1S/C63H44O/c1-62(2)54-34-51-50(59(44-28-16-22-38-18-10-11-23-42(38)44)47-27-15-14-26-46(47)58(51)41-30-29-37-17-8-9-21-40(37)31-41)32-48(54)49-33-56-53(36-55(49)62)60-45-25-13-12-24-43(45)52(35-57(60)63(56,3)4)61(64)39-19-6-5-7-20-39/h5-36H,1-4H3. The molecule has 0 aromatic heterocycles. The first kappa shape index (κ1) is 37.0. The summed E-state index contributed by atoms with van der Waals surface area (Å²) in [7, 11) is 0. The van der Waals surface area contributed by atoms with Crippen LogP contribution in [0.25, 0.3) is 98.4 Å². The van der Waals surface area contributed by atoms with Gasteiger partial charge in [-0.15, -0.1) is 0 Å². The Morgan fingerprint density at radius 1 is 0.328 bits per heavy atom. The highest BCUT2D eigenvalue weighted by Gasteiger charge is 2.43. The van der Waals surface area contributed by atoms with Crippen molar-refractivity contribution in [2.75, 3.05) is 0 Å². The van der Waals surface area contributed by atoms with E-state index in [4.69, 9.17) is 0 Å². The fraction of sp³-hybridized carbons (Fsp3) is 0.0952. The summed E-state index contributed by atoms with van der Waals surface area (Å²) in [5.41, 5.74) is 16.2. The minimum absolute atomic E-state index is 0.0633. The lowest BCUT2D eigenvalue weighted by molar-refractivity contribution is 0.104. The van der Waals surface area contributed by atoms with Crippen LogP contribution >= 0.6 is 0 Å². The Morgan fingerprint density at radius 2 is 0.859 bits per heavy atom. The Labute approximate surface area is 373 Å². The van der Waals surface area contributed by atoms with Crippen LogP contribution in [-0.2, 0) is 10.8 Å². The van der Waals surface area contributed by atoms with Gasteiger partial charge in [0.05, 0.1) is 0 Å². The second kappa shape index (κ2) is 13.2. The third kappa shape index (κ3) is 5.04. The van der Waals surface area contributed by atoms with E-state index in [2.05, 4.69) is 191 Å². The molecule has 0 bridgehead atoms. The molecule has 0 heterocycles. The van der Waals surface area contributed by atoms with Gasteiger partial charge in [-0.2, -0.15) is 0 Å². The van der Waals surface area contributed by atoms with Gasteiger partial charge in [-0.1, -0.05) is 185 Å². The van der Waals surface area contributed by atoms with E-state index in [-0.39, 0.29) is 16.6 Å². The number of hydrogen-bond acceptors (Lipinski definition) is 1. The van der Waals surface area contributed by atoms with Gasteiger partial charge in [0.1, 0.15) is 0 Å². The predicted molar refractivity (Wildman–Crippen MR) is 270 cm³/mol. The van der Waals surface area contributed by atoms with Crippen molar-refractivity contribution in [1.29, 1.82) is 0 Å². The highest BCUT2D eigenvalue weighted by molar-refractivity contribution is 6.25. The van der Waals surface area contributed by atoms with E-state index in [9.17, 15) is 4.79 Å². The van der Waals surface area contributed by atoms with Crippen LogP contribution in [0.2, 0.25) is 0 Å². The van der Waals surface area contributed by atoms with E-state index < -0.39 is 0 Å². The molecule has 13 rings (SSSR count). The maximum absolute atomic E-state index is 14.3. The van der Waals surface area contributed by atoms with E-state index in [1.54, 1.807) is 0 Å². The van der Waals surface area contributed by atoms with E-state index in [1.807, 2.05) is 30.3 Å². The van der Waals surface area contributed by atoms with Gasteiger partial charge in [-0.3, -0.25) is 4.79 Å². The van der Waals surface area contributed by atoms with Crippen LogP contribution < -0.4 is 0 Å². The Balaban J connectivity index is 1.10. The first-order chi connectivity index (χ1) is 31.2. The fourth-order valence-corrected chi connectivity index (χ4v) is 11.8. The molecule has 11 aromatic carbocycles. The van der Waals surface area contributed by atoms with Crippen LogP contribution in [0.15, 0.2) is 194 Å². The molecule has 64 heavy (non-hydrogen) atoms. The number of rotatable bonds is 4. The Hall–Kier alpha value is -7.61. The summed E-state index contributed by atoms with van der Waals surface area (Å²) in [6.07, 6.45) is 0.